The molecular formula is C16H29NO3. The Hall–Kier alpha value is -0.610. The van der Waals surface area contributed by atoms with Gasteiger partial charge in [-0.3, -0.25) is 4.79 Å². The molecule has 0 aromatic heterocycles. The molecule has 116 valence electrons. The van der Waals surface area contributed by atoms with Gasteiger partial charge in [-0.25, -0.2) is 0 Å². The van der Waals surface area contributed by atoms with Crippen molar-refractivity contribution in [3.63, 3.8) is 0 Å². The SMILES string of the molecule is CCOC1CC(N(C)CCCC(=O)O)C12CCCCC2. The van der Waals surface area contributed by atoms with E-state index in [0.717, 1.165) is 26.0 Å². The Labute approximate surface area is 122 Å². The number of nitrogens with zero attached hydrogens (tertiary/aromatic N) is 1. The monoisotopic (exact) mass is 283 g/mol. The maximum absolute atomic E-state index is 10.6. The molecule has 2 saturated carbocycles. The van der Waals surface area contributed by atoms with Gasteiger partial charge >= 0.3 is 5.97 Å². The second-order valence-electron chi connectivity index (χ2n) is 6.47. The van der Waals surface area contributed by atoms with Gasteiger partial charge < -0.3 is 14.7 Å². The van der Waals surface area contributed by atoms with Crippen LogP contribution in [0.2, 0.25) is 0 Å². The molecule has 1 N–H and O–H groups in total. The summed E-state index contributed by atoms with van der Waals surface area (Å²) in [5, 5.41) is 8.75. The Morgan fingerprint density at radius 1 is 1.35 bits per heavy atom. The van der Waals surface area contributed by atoms with Crippen molar-refractivity contribution in [3.8, 4) is 0 Å². The molecule has 0 heterocycles. The molecule has 1 spiro atoms. The fourth-order valence-electron chi connectivity index (χ4n) is 4.28. The average molecular weight is 283 g/mol. The van der Waals surface area contributed by atoms with Crippen LogP contribution in [-0.2, 0) is 9.53 Å². The van der Waals surface area contributed by atoms with Crippen LogP contribution in [0.15, 0.2) is 0 Å². The highest BCUT2D eigenvalue weighted by atomic mass is 16.5. The van der Waals surface area contributed by atoms with Crippen LogP contribution in [0.4, 0.5) is 0 Å². The molecule has 20 heavy (non-hydrogen) atoms. The fraction of sp³-hybridized carbons (Fsp3) is 0.938. The van der Waals surface area contributed by atoms with E-state index >= 15 is 0 Å². The second-order valence-corrected chi connectivity index (χ2v) is 6.47. The molecule has 0 bridgehead atoms. The third-order valence-electron chi connectivity index (χ3n) is 5.33. The van der Waals surface area contributed by atoms with Crippen LogP contribution in [0.5, 0.6) is 0 Å². The minimum absolute atomic E-state index is 0.277. The lowest BCUT2D eigenvalue weighted by atomic mass is 9.54. The number of aliphatic carboxylic acids is 1. The lowest BCUT2D eigenvalue weighted by Gasteiger charge is -2.60. The van der Waals surface area contributed by atoms with Crippen LogP contribution in [-0.4, -0.2) is 48.3 Å². The van der Waals surface area contributed by atoms with E-state index in [-0.39, 0.29) is 6.42 Å². The Bertz CT molecular complexity index is 326. The maximum Gasteiger partial charge on any atom is 0.303 e. The van der Waals surface area contributed by atoms with E-state index in [2.05, 4.69) is 18.9 Å². The van der Waals surface area contributed by atoms with E-state index in [0.29, 0.717) is 17.6 Å². The predicted molar refractivity (Wildman–Crippen MR) is 78.8 cm³/mol. The largest absolute Gasteiger partial charge is 0.481 e. The normalized spacial score (nSPS) is 28.6. The van der Waals surface area contributed by atoms with Gasteiger partial charge in [0.05, 0.1) is 6.10 Å². The number of carbonyl (C=O) groups is 1. The summed E-state index contributed by atoms with van der Waals surface area (Å²) in [5.41, 5.74) is 0.353. The molecule has 0 saturated heterocycles. The highest BCUT2D eigenvalue weighted by Gasteiger charge is 2.56. The Morgan fingerprint density at radius 2 is 2.05 bits per heavy atom. The Balaban J connectivity index is 1.91. The van der Waals surface area contributed by atoms with Gasteiger partial charge in [0.25, 0.3) is 0 Å². The number of rotatable bonds is 7. The van der Waals surface area contributed by atoms with Crippen molar-refractivity contribution in [2.24, 2.45) is 5.41 Å². The topological polar surface area (TPSA) is 49.8 Å². The summed E-state index contributed by atoms with van der Waals surface area (Å²) >= 11 is 0. The number of hydrogen-bond acceptors (Lipinski definition) is 3. The summed E-state index contributed by atoms with van der Waals surface area (Å²) in [6.45, 7) is 3.78. The van der Waals surface area contributed by atoms with Crippen LogP contribution in [0.25, 0.3) is 0 Å². The van der Waals surface area contributed by atoms with Gasteiger partial charge in [-0.15, -0.1) is 0 Å². The van der Waals surface area contributed by atoms with Crippen molar-refractivity contribution in [2.45, 2.75) is 70.4 Å². The summed E-state index contributed by atoms with van der Waals surface area (Å²) < 4.78 is 5.97. The zero-order valence-electron chi connectivity index (χ0n) is 12.9. The van der Waals surface area contributed by atoms with E-state index in [1.807, 2.05) is 0 Å². The van der Waals surface area contributed by atoms with Gasteiger partial charge in [-0.05, 0) is 46.2 Å². The average Bonchev–Trinajstić information content (AvgIpc) is 2.43. The van der Waals surface area contributed by atoms with Crippen molar-refractivity contribution in [1.82, 2.24) is 4.90 Å². The molecule has 2 aliphatic rings. The second kappa shape index (κ2) is 6.90. The molecule has 2 rings (SSSR count). The van der Waals surface area contributed by atoms with Crippen LogP contribution >= 0.6 is 0 Å². The standard InChI is InChI=1S/C16H29NO3/c1-3-20-14-12-13(16(14)9-5-4-6-10-16)17(2)11-7-8-15(18)19/h13-14H,3-12H2,1-2H3,(H,18,19). The third-order valence-corrected chi connectivity index (χ3v) is 5.33. The van der Waals surface area contributed by atoms with E-state index in [9.17, 15) is 4.79 Å². The maximum atomic E-state index is 10.6. The van der Waals surface area contributed by atoms with Crippen molar-refractivity contribution >= 4 is 5.97 Å². The first kappa shape index (κ1) is 15.8. The van der Waals surface area contributed by atoms with Crippen LogP contribution in [0.3, 0.4) is 0 Å². The Kier molecular flexibility index (Phi) is 5.44. The smallest absolute Gasteiger partial charge is 0.303 e. The molecule has 2 aliphatic carbocycles. The molecule has 2 fully saturated rings. The van der Waals surface area contributed by atoms with Gasteiger partial charge in [0.15, 0.2) is 0 Å². The van der Waals surface area contributed by atoms with Crippen molar-refractivity contribution < 1.29 is 14.6 Å². The summed E-state index contributed by atoms with van der Waals surface area (Å²) in [4.78, 5) is 13.0. The first-order valence-electron chi connectivity index (χ1n) is 8.14. The van der Waals surface area contributed by atoms with Crippen LogP contribution in [0.1, 0.15) is 58.3 Å². The quantitative estimate of drug-likeness (QED) is 0.780. The molecule has 0 aromatic carbocycles. The zero-order chi connectivity index (χ0) is 14.6. The molecule has 0 aliphatic heterocycles. The van der Waals surface area contributed by atoms with Crippen molar-refractivity contribution in [3.05, 3.63) is 0 Å². The fourth-order valence-corrected chi connectivity index (χ4v) is 4.28. The van der Waals surface area contributed by atoms with Crippen molar-refractivity contribution in [1.29, 1.82) is 0 Å². The molecular weight excluding hydrogens is 254 g/mol. The highest BCUT2D eigenvalue weighted by Crippen LogP contribution is 2.55. The van der Waals surface area contributed by atoms with Crippen molar-refractivity contribution in [2.75, 3.05) is 20.2 Å². The minimum Gasteiger partial charge on any atom is -0.481 e. The Morgan fingerprint density at radius 3 is 2.65 bits per heavy atom. The van der Waals surface area contributed by atoms with Crippen LogP contribution < -0.4 is 0 Å². The molecule has 0 radical (unpaired) electrons. The lowest BCUT2D eigenvalue weighted by molar-refractivity contribution is -0.178. The summed E-state index contributed by atoms with van der Waals surface area (Å²) in [6.07, 6.45) is 9.15. The van der Waals surface area contributed by atoms with Gasteiger partial charge in [-0.2, -0.15) is 0 Å². The first-order valence-corrected chi connectivity index (χ1v) is 8.14. The van der Waals surface area contributed by atoms with E-state index in [1.54, 1.807) is 0 Å². The molecule has 0 amide bonds. The minimum atomic E-state index is -0.688. The summed E-state index contributed by atoms with van der Waals surface area (Å²) in [7, 11) is 2.16. The molecule has 2 atom stereocenters. The summed E-state index contributed by atoms with van der Waals surface area (Å²) in [5.74, 6) is -0.688. The van der Waals surface area contributed by atoms with E-state index in [4.69, 9.17) is 9.84 Å². The molecule has 2 unspecified atom stereocenters. The van der Waals surface area contributed by atoms with Crippen LogP contribution in [0, 0.1) is 5.41 Å². The van der Waals surface area contributed by atoms with Gasteiger partial charge in [-0.1, -0.05) is 19.3 Å². The lowest BCUT2D eigenvalue weighted by Crippen LogP contribution is -2.64. The van der Waals surface area contributed by atoms with Gasteiger partial charge in [0.2, 0.25) is 0 Å². The first-order chi connectivity index (χ1) is 9.60. The summed E-state index contributed by atoms with van der Waals surface area (Å²) in [6, 6.07) is 0.591. The predicted octanol–water partition coefficient (Wildman–Crippen LogP) is 2.91. The van der Waals surface area contributed by atoms with Gasteiger partial charge in [0.1, 0.15) is 0 Å². The molecule has 0 aromatic rings. The van der Waals surface area contributed by atoms with Gasteiger partial charge in [0, 0.05) is 24.5 Å². The molecule has 4 heteroatoms. The highest BCUT2D eigenvalue weighted by molar-refractivity contribution is 5.66. The number of carboxylic acid groups (broad SMARTS) is 1. The number of hydrogen-bond donors (Lipinski definition) is 1. The number of ether oxygens (including phenoxy) is 1. The zero-order valence-corrected chi connectivity index (χ0v) is 12.9. The van der Waals surface area contributed by atoms with E-state index in [1.165, 1.54) is 32.1 Å². The molecule has 4 nitrogen and oxygen atoms in total. The number of carboxylic acids is 1. The van der Waals surface area contributed by atoms with E-state index < -0.39 is 5.97 Å². The third kappa shape index (κ3) is 3.17.